The van der Waals surface area contributed by atoms with Gasteiger partial charge in [0.15, 0.2) is 5.84 Å². The lowest BCUT2D eigenvalue weighted by molar-refractivity contribution is 0.151. The molecule has 7 nitrogen and oxygen atoms in total. The predicted octanol–water partition coefficient (Wildman–Crippen LogP) is 0.842. The van der Waals surface area contributed by atoms with Gasteiger partial charge in [0.25, 0.3) is 0 Å². The van der Waals surface area contributed by atoms with E-state index in [-0.39, 0.29) is 5.41 Å². The Labute approximate surface area is 93.5 Å². The van der Waals surface area contributed by atoms with Crippen molar-refractivity contribution in [2.24, 2.45) is 10.6 Å². The van der Waals surface area contributed by atoms with Crippen LogP contribution in [0, 0.1) is 5.41 Å². The van der Waals surface area contributed by atoms with Crippen LogP contribution in [0.2, 0.25) is 0 Å². The Kier molecular flexibility index (Phi) is 3.60. The van der Waals surface area contributed by atoms with Gasteiger partial charge in [0.1, 0.15) is 0 Å². The number of amides is 1. The van der Waals surface area contributed by atoms with Crippen molar-refractivity contribution in [3.63, 3.8) is 0 Å². The molecule has 0 atom stereocenters. The monoisotopic (exact) mass is 225 g/mol. The smallest absolute Gasteiger partial charge is 0.323 e. The molecule has 0 aliphatic heterocycles. The van der Waals surface area contributed by atoms with Crippen LogP contribution in [0.4, 0.5) is 4.79 Å². The van der Waals surface area contributed by atoms with E-state index in [0.29, 0.717) is 5.84 Å². The maximum atomic E-state index is 10.9. The average molecular weight is 225 g/mol. The number of nitrogens with one attached hydrogen (secondary N) is 1. The van der Waals surface area contributed by atoms with E-state index in [1.165, 1.54) is 17.9 Å². The van der Waals surface area contributed by atoms with Crippen LogP contribution in [0.25, 0.3) is 0 Å². The Morgan fingerprint density at radius 3 is 2.62 bits per heavy atom. The molecule has 0 spiro atoms. The fourth-order valence-electron chi connectivity index (χ4n) is 0.974. The van der Waals surface area contributed by atoms with E-state index in [4.69, 9.17) is 0 Å². The van der Waals surface area contributed by atoms with Gasteiger partial charge in [-0.3, -0.25) is 4.84 Å². The van der Waals surface area contributed by atoms with Gasteiger partial charge in [0.2, 0.25) is 0 Å². The van der Waals surface area contributed by atoms with Crippen molar-refractivity contribution < 1.29 is 9.63 Å². The molecule has 1 aromatic heterocycles. The molecule has 1 aromatic rings. The quantitative estimate of drug-likeness (QED) is 0.332. The summed E-state index contributed by atoms with van der Waals surface area (Å²) in [4.78, 5) is 15.6. The van der Waals surface area contributed by atoms with Crippen molar-refractivity contribution in [2.75, 3.05) is 7.05 Å². The molecule has 1 N–H and O–H groups in total. The molecule has 0 aromatic carbocycles. The molecule has 0 aliphatic rings. The number of carbonyl (C=O) groups is 1. The van der Waals surface area contributed by atoms with Crippen molar-refractivity contribution in [3.8, 4) is 0 Å². The van der Waals surface area contributed by atoms with Crippen LogP contribution in [-0.2, 0) is 4.84 Å². The fourth-order valence-corrected chi connectivity index (χ4v) is 0.974. The highest BCUT2D eigenvalue weighted by Gasteiger charge is 2.23. The normalized spacial score (nSPS) is 12.4. The molecular formula is C9H15N5O2. The Bertz CT molecular complexity index is 377. The average Bonchev–Trinajstić information content (AvgIpc) is 2.68. The first kappa shape index (κ1) is 12.2. The van der Waals surface area contributed by atoms with E-state index in [9.17, 15) is 4.79 Å². The number of nitrogens with zero attached hydrogens (tertiary/aromatic N) is 4. The lowest BCUT2D eigenvalue weighted by Crippen LogP contribution is -2.30. The summed E-state index contributed by atoms with van der Waals surface area (Å²) >= 11 is 0. The second-order valence-electron chi connectivity index (χ2n) is 4.14. The van der Waals surface area contributed by atoms with Crippen LogP contribution in [0.1, 0.15) is 20.8 Å². The van der Waals surface area contributed by atoms with Gasteiger partial charge in [0, 0.05) is 12.5 Å². The van der Waals surface area contributed by atoms with Crippen molar-refractivity contribution >= 4 is 11.9 Å². The summed E-state index contributed by atoms with van der Waals surface area (Å²) in [6, 6.07) is 0. The molecule has 1 heterocycles. The van der Waals surface area contributed by atoms with Crippen molar-refractivity contribution in [1.82, 2.24) is 20.3 Å². The van der Waals surface area contributed by atoms with E-state index in [1.54, 1.807) is 6.20 Å². The number of aromatic nitrogens is 3. The van der Waals surface area contributed by atoms with Gasteiger partial charge in [-0.1, -0.05) is 31.1 Å². The number of hydrogen-bond donors (Lipinski definition) is 1. The Balaban J connectivity index is 2.94. The summed E-state index contributed by atoms with van der Waals surface area (Å²) in [7, 11) is 1.46. The van der Waals surface area contributed by atoms with E-state index < -0.39 is 6.09 Å². The number of carbonyl (C=O) groups excluding carboxylic acids is 1. The van der Waals surface area contributed by atoms with Crippen LogP contribution < -0.4 is 5.32 Å². The van der Waals surface area contributed by atoms with E-state index >= 15 is 0 Å². The Morgan fingerprint density at radius 1 is 1.50 bits per heavy atom. The summed E-state index contributed by atoms with van der Waals surface area (Å²) < 4.78 is 1.46. The third-order valence-electron chi connectivity index (χ3n) is 1.73. The van der Waals surface area contributed by atoms with E-state index in [2.05, 4.69) is 25.6 Å². The van der Waals surface area contributed by atoms with Crippen LogP contribution in [0.5, 0.6) is 0 Å². The molecule has 0 saturated carbocycles. The van der Waals surface area contributed by atoms with Crippen LogP contribution in [-0.4, -0.2) is 34.0 Å². The van der Waals surface area contributed by atoms with Gasteiger partial charge in [-0.25, -0.2) is 9.48 Å². The minimum Gasteiger partial charge on any atom is -0.323 e. The Morgan fingerprint density at radius 2 is 2.19 bits per heavy atom. The lowest BCUT2D eigenvalue weighted by Gasteiger charge is -2.19. The summed E-state index contributed by atoms with van der Waals surface area (Å²) in [5.74, 6) is 0.494. The summed E-state index contributed by atoms with van der Waals surface area (Å²) in [6.45, 7) is 5.79. The molecule has 0 fully saturated rings. The van der Waals surface area contributed by atoms with Crippen molar-refractivity contribution in [1.29, 1.82) is 0 Å². The highest BCUT2D eigenvalue weighted by Crippen LogP contribution is 2.17. The maximum Gasteiger partial charge on any atom is 0.433 e. The second-order valence-corrected chi connectivity index (χ2v) is 4.14. The van der Waals surface area contributed by atoms with Gasteiger partial charge >= 0.3 is 6.09 Å². The van der Waals surface area contributed by atoms with Gasteiger partial charge in [-0.2, -0.15) is 0 Å². The highest BCUT2D eigenvalue weighted by molar-refractivity contribution is 5.88. The zero-order chi connectivity index (χ0) is 12.2. The number of hydrogen-bond acceptors (Lipinski definition) is 5. The zero-order valence-electron chi connectivity index (χ0n) is 9.76. The molecule has 88 valence electrons. The van der Waals surface area contributed by atoms with E-state index in [0.717, 1.165) is 0 Å². The predicted molar refractivity (Wildman–Crippen MR) is 57.9 cm³/mol. The third kappa shape index (κ3) is 3.04. The molecule has 0 saturated heterocycles. The minimum atomic E-state index is -0.623. The molecule has 0 aliphatic carbocycles. The highest BCUT2D eigenvalue weighted by atomic mass is 16.7. The molecule has 1 rings (SSSR count). The molecule has 0 bridgehead atoms. The topological polar surface area (TPSA) is 81.4 Å². The number of rotatable bonds is 1. The first-order chi connectivity index (χ1) is 7.45. The second kappa shape index (κ2) is 4.73. The summed E-state index contributed by atoms with van der Waals surface area (Å²) in [5.41, 5.74) is -0.318. The van der Waals surface area contributed by atoms with Crippen LogP contribution in [0.15, 0.2) is 17.5 Å². The first-order valence-corrected chi connectivity index (χ1v) is 4.79. The fraction of sp³-hybridized carbons (Fsp3) is 0.556. The molecule has 7 heteroatoms. The standard InChI is InChI=1S/C9H15N5O2/c1-9(2,3)7(12-16-8(15)10-4)14-6-5-11-13-14/h5-6H,1-4H3,(H,10,15). The summed E-state index contributed by atoms with van der Waals surface area (Å²) in [5, 5.41) is 13.6. The molecule has 0 unspecified atom stereocenters. The van der Waals surface area contributed by atoms with Crippen molar-refractivity contribution in [2.45, 2.75) is 20.8 Å². The Hall–Kier alpha value is -1.92. The maximum absolute atomic E-state index is 10.9. The van der Waals surface area contributed by atoms with Crippen LogP contribution >= 0.6 is 0 Å². The third-order valence-corrected chi connectivity index (χ3v) is 1.73. The molecule has 16 heavy (non-hydrogen) atoms. The van der Waals surface area contributed by atoms with E-state index in [1.807, 2.05) is 20.8 Å². The largest absolute Gasteiger partial charge is 0.433 e. The minimum absolute atomic E-state index is 0.318. The van der Waals surface area contributed by atoms with Gasteiger partial charge in [0.05, 0.1) is 12.4 Å². The molecule has 1 amide bonds. The summed E-state index contributed by atoms with van der Waals surface area (Å²) in [6.07, 6.45) is 2.54. The lowest BCUT2D eigenvalue weighted by atomic mass is 9.95. The first-order valence-electron chi connectivity index (χ1n) is 4.79. The SMILES string of the molecule is CNC(=O)ON=C(n1ccnn1)C(C)(C)C. The van der Waals surface area contributed by atoms with Crippen LogP contribution in [0.3, 0.4) is 0 Å². The van der Waals surface area contributed by atoms with Crippen molar-refractivity contribution in [3.05, 3.63) is 12.4 Å². The number of oxime groups is 1. The van der Waals surface area contributed by atoms with Gasteiger partial charge in [-0.05, 0) is 0 Å². The molecular weight excluding hydrogens is 210 g/mol. The van der Waals surface area contributed by atoms with Gasteiger partial charge < -0.3 is 5.32 Å². The zero-order valence-corrected chi connectivity index (χ0v) is 9.76. The molecule has 0 radical (unpaired) electrons. The van der Waals surface area contributed by atoms with Gasteiger partial charge in [-0.15, -0.1) is 5.10 Å².